The van der Waals surface area contributed by atoms with Gasteiger partial charge in [-0.3, -0.25) is 24.0 Å². The molecule has 2 amide bonds. The fourth-order valence-electron chi connectivity index (χ4n) is 4.15. The second-order valence-corrected chi connectivity index (χ2v) is 9.65. The molecule has 1 radical (unpaired) electrons. The minimum Gasteiger partial charge on any atom is -0.463 e. The first kappa shape index (κ1) is 37.7. The van der Waals surface area contributed by atoms with E-state index >= 15 is 0 Å². The van der Waals surface area contributed by atoms with E-state index in [0.29, 0.717) is 12.0 Å². The van der Waals surface area contributed by atoms with E-state index in [2.05, 4.69) is 6.07 Å². The summed E-state index contributed by atoms with van der Waals surface area (Å²) in [5, 5.41) is 0. The number of nitrogens with one attached hydrogen (secondary N) is 1. The standard InChI is InChI=1S/C27H29O9.C3H8N2O.Y/c1-16(28)32-15-23-25(33-17(2)29)27(35-19(4)31)26(34-18(3)30)24(36-23)22-12-8-11-21(14-22)13-20-9-6-5-7-10-20;1-5(2)3(4)6;/h6-12,14,23-27H,13,15H2,1-4H3;1-2H3,(H2,4,6);/q-1;;/p-1/t23-,24+,25?,26+,27+;;/m1../s1. The van der Waals surface area contributed by atoms with Crippen molar-refractivity contribution in [2.24, 2.45) is 0 Å². The third-order valence-electron chi connectivity index (χ3n) is 5.87. The van der Waals surface area contributed by atoms with E-state index in [1.807, 2.05) is 42.5 Å². The molecular formula is C30H36N2O10Y-2. The van der Waals surface area contributed by atoms with Crippen LogP contribution < -0.4 is 0 Å². The summed E-state index contributed by atoms with van der Waals surface area (Å²) in [6, 6.07) is 17.4. The molecule has 13 heteroatoms. The minimum atomic E-state index is -1.21. The molecule has 43 heavy (non-hydrogen) atoms. The Labute approximate surface area is 276 Å². The van der Waals surface area contributed by atoms with Crippen LogP contribution in [0.2, 0.25) is 0 Å². The van der Waals surface area contributed by atoms with E-state index in [1.165, 1.54) is 46.7 Å². The van der Waals surface area contributed by atoms with Crippen LogP contribution in [0, 0.1) is 6.07 Å². The maximum absolute atomic E-state index is 12.1. The van der Waals surface area contributed by atoms with Crippen LogP contribution in [0.15, 0.2) is 48.5 Å². The maximum atomic E-state index is 12.1. The van der Waals surface area contributed by atoms with Crippen molar-refractivity contribution in [3.63, 3.8) is 0 Å². The Balaban J connectivity index is 0.00000120. The van der Waals surface area contributed by atoms with Gasteiger partial charge in [-0.2, -0.15) is 35.9 Å². The Kier molecular flexibility index (Phi) is 16.1. The molecule has 231 valence electrons. The second-order valence-electron chi connectivity index (χ2n) is 9.65. The normalized spacial score (nSPS) is 20.6. The number of carbonyl (C=O) groups excluding carboxylic acids is 5. The molecule has 1 fully saturated rings. The van der Waals surface area contributed by atoms with E-state index in [4.69, 9.17) is 29.4 Å². The van der Waals surface area contributed by atoms with Gasteiger partial charge in [-0.05, 0) is 17.5 Å². The van der Waals surface area contributed by atoms with Crippen LogP contribution in [0.5, 0.6) is 0 Å². The number of rotatable bonds is 8. The molecule has 1 N–H and O–H groups in total. The number of ether oxygens (including phenoxy) is 5. The third kappa shape index (κ3) is 12.8. The van der Waals surface area contributed by atoms with Crippen LogP contribution in [-0.4, -0.2) is 79.9 Å². The van der Waals surface area contributed by atoms with E-state index in [0.717, 1.165) is 11.1 Å². The van der Waals surface area contributed by atoms with Crippen molar-refractivity contribution in [1.29, 1.82) is 0 Å². The van der Waals surface area contributed by atoms with Crippen LogP contribution >= 0.6 is 0 Å². The van der Waals surface area contributed by atoms with Crippen molar-refractivity contribution in [3.8, 4) is 0 Å². The van der Waals surface area contributed by atoms with Gasteiger partial charge >= 0.3 is 23.9 Å². The number of hydrogen-bond donors (Lipinski definition) is 0. The van der Waals surface area contributed by atoms with E-state index in [-0.39, 0.29) is 39.3 Å². The summed E-state index contributed by atoms with van der Waals surface area (Å²) >= 11 is 0. The number of hydrogen-bond acceptors (Lipinski definition) is 10. The summed E-state index contributed by atoms with van der Waals surface area (Å²) in [4.78, 5) is 58.4. The smallest absolute Gasteiger partial charge is 0.303 e. The Hall–Kier alpha value is -3.35. The predicted octanol–water partition coefficient (Wildman–Crippen LogP) is 3.59. The largest absolute Gasteiger partial charge is 0.463 e. The molecule has 2 aromatic carbocycles. The second kappa shape index (κ2) is 18.3. The van der Waals surface area contributed by atoms with Gasteiger partial charge < -0.3 is 34.3 Å². The molecule has 1 aliphatic heterocycles. The van der Waals surface area contributed by atoms with Gasteiger partial charge in [0.2, 0.25) is 0 Å². The summed E-state index contributed by atoms with van der Waals surface area (Å²) in [5.41, 5.74) is 9.01. The topological polar surface area (TPSA) is 159 Å². The molecule has 0 saturated carbocycles. The predicted molar refractivity (Wildman–Crippen MR) is 149 cm³/mol. The summed E-state index contributed by atoms with van der Waals surface area (Å²) in [6.07, 6.45) is -4.79. The average molecular weight is 674 g/mol. The number of carbonyl (C=O) groups is 5. The van der Waals surface area contributed by atoms with Crippen molar-refractivity contribution in [2.45, 2.75) is 64.6 Å². The first-order chi connectivity index (χ1) is 19.8. The zero-order valence-electron chi connectivity index (χ0n) is 25.0. The third-order valence-corrected chi connectivity index (χ3v) is 5.87. The zero-order valence-corrected chi connectivity index (χ0v) is 27.9. The van der Waals surface area contributed by atoms with Crippen molar-refractivity contribution in [3.05, 3.63) is 77.0 Å². The average Bonchev–Trinajstić information content (AvgIpc) is 2.90. The molecule has 1 aliphatic rings. The Morgan fingerprint density at radius 1 is 0.814 bits per heavy atom. The van der Waals surface area contributed by atoms with E-state index in [9.17, 15) is 24.0 Å². The van der Waals surface area contributed by atoms with Crippen LogP contribution in [0.3, 0.4) is 0 Å². The molecule has 1 saturated heterocycles. The quantitative estimate of drug-likeness (QED) is 0.230. The van der Waals surface area contributed by atoms with Gasteiger partial charge in [0.05, 0.1) is 0 Å². The molecule has 0 bridgehead atoms. The molecule has 1 unspecified atom stereocenters. The fourth-order valence-corrected chi connectivity index (χ4v) is 4.15. The minimum absolute atomic E-state index is 0. The van der Waals surface area contributed by atoms with Crippen molar-refractivity contribution >= 4 is 29.9 Å². The van der Waals surface area contributed by atoms with Crippen LogP contribution in [0.1, 0.15) is 50.5 Å². The van der Waals surface area contributed by atoms with Crippen LogP contribution in [-0.2, 0) is 82.0 Å². The molecule has 3 rings (SSSR count). The van der Waals surface area contributed by atoms with E-state index in [1.54, 1.807) is 6.07 Å². The summed E-state index contributed by atoms with van der Waals surface area (Å²) in [7, 11) is 3.07. The maximum Gasteiger partial charge on any atom is 0.303 e. The number of amides is 2. The number of nitrogens with zero attached hydrogens (tertiary/aromatic N) is 1. The summed E-state index contributed by atoms with van der Waals surface area (Å²) in [6.45, 7) is 4.56. The Bertz CT molecular complexity index is 1240. The van der Waals surface area contributed by atoms with Gasteiger partial charge in [-0.25, -0.2) is 0 Å². The molecular weight excluding hydrogens is 637 g/mol. The molecule has 12 nitrogen and oxygen atoms in total. The van der Waals surface area contributed by atoms with E-state index < -0.39 is 60.4 Å². The van der Waals surface area contributed by atoms with Gasteiger partial charge in [-0.1, -0.05) is 38.4 Å². The van der Waals surface area contributed by atoms with Gasteiger partial charge in [0, 0.05) is 60.4 Å². The van der Waals surface area contributed by atoms with Crippen molar-refractivity contribution in [1.82, 2.24) is 4.90 Å². The van der Waals surface area contributed by atoms with Gasteiger partial charge in [0.1, 0.15) is 18.8 Å². The molecule has 2 aromatic rings. The first-order valence-corrected chi connectivity index (χ1v) is 13.1. The number of esters is 4. The van der Waals surface area contributed by atoms with Gasteiger partial charge in [0.15, 0.2) is 24.3 Å². The number of urea groups is 1. The van der Waals surface area contributed by atoms with Crippen LogP contribution in [0.25, 0.3) is 5.73 Å². The summed E-state index contributed by atoms with van der Waals surface area (Å²) < 4.78 is 27.9. The Morgan fingerprint density at radius 2 is 1.35 bits per heavy atom. The molecule has 0 aliphatic carbocycles. The molecule has 5 atom stereocenters. The molecule has 0 aromatic heterocycles. The van der Waals surface area contributed by atoms with Gasteiger partial charge in [0.25, 0.3) is 0 Å². The van der Waals surface area contributed by atoms with Crippen molar-refractivity contribution in [2.75, 3.05) is 20.7 Å². The van der Waals surface area contributed by atoms with Crippen molar-refractivity contribution < 1.29 is 80.4 Å². The Morgan fingerprint density at radius 3 is 1.86 bits per heavy atom. The number of benzene rings is 2. The van der Waals surface area contributed by atoms with Gasteiger partial charge in [-0.15, -0.1) is 0 Å². The fraction of sp³-hybridized carbons (Fsp3) is 0.433. The monoisotopic (exact) mass is 673 g/mol. The SMILES string of the molecule is CC(=O)OC[C@H]1O[C@@H](c2cccc(Cc3cc[c-]cc3)c2)[C@H](OC(C)=O)[C@@H](OC(C)=O)C1OC(C)=O.CN(C)C([NH-])=O.[Y]. The first-order valence-electron chi connectivity index (χ1n) is 13.1. The summed E-state index contributed by atoms with van der Waals surface area (Å²) in [5.74, 6) is -2.54. The zero-order chi connectivity index (χ0) is 31.4. The molecule has 1 heterocycles. The molecule has 0 spiro atoms. The van der Waals surface area contributed by atoms with Crippen LogP contribution in [0.4, 0.5) is 4.79 Å².